The Balaban J connectivity index is 1.38. The van der Waals surface area contributed by atoms with Gasteiger partial charge in [0.05, 0.1) is 5.69 Å². The van der Waals surface area contributed by atoms with Crippen LogP contribution >= 0.6 is 0 Å². The van der Waals surface area contributed by atoms with Crippen molar-refractivity contribution < 1.29 is 4.79 Å². The number of rotatable bonds is 5. The number of nitrogens with zero attached hydrogens (tertiary/aromatic N) is 5. The average Bonchev–Trinajstić information content (AvgIpc) is 3.20. The highest BCUT2D eigenvalue weighted by atomic mass is 16.2. The van der Waals surface area contributed by atoms with Gasteiger partial charge in [-0.25, -0.2) is 0 Å². The number of aryl methyl sites for hydroxylation is 3. The van der Waals surface area contributed by atoms with Gasteiger partial charge in [0.25, 0.3) is 0 Å². The number of pyridine rings is 1. The van der Waals surface area contributed by atoms with Crippen LogP contribution < -0.4 is 0 Å². The Morgan fingerprint density at radius 1 is 1.25 bits per heavy atom. The molecule has 4 heterocycles. The van der Waals surface area contributed by atoms with Crippen molar-refractivity contribution in [1.82, 2.24) is 24.6 Å². The Morgan fingerprint density at radius 2 is 2.14 bits per heavy atom. The molecule has 2 saturated heterocycles. The highest BCUT2D eigenvalue weighted by Gasteiger charge is 2.39. The topological polar surface area (TPSA) is 54.3 Å². The van der Waals surface area contributed by atoms with Gasteiger partial charge >= 0.3 is 0 Å². The predicted molar refractivity (Wildman–Crippen MR) is 109 cm³/mol. The van der Waals surface area contributed by atoms with E-state index in [1.165, 1.54) is 24.8 Å². The second-order valence-corrected chi connectivity index (χ2v) is 8.35. The zero-order chi connectivity index (χ0) is 19.5. The van der Waals surface area contributed by atoms with Crippen LogP contribution in [0.1, 0.15) is 42.6 Å². The maximum absolute atomic E-state index is 12.9. The van der Waals surface area contributed by atoms with Crippen molar-refractivity contribution in [3.05, 3.63) is 47.5 Å². The first-order valence-corrected chi connectivity index (χ1v) is 10.5. The fraction of sp³-hybridized carbons (Fsp3) is 0.591. The molecule has 28 heavy (non-hydrogen) atoms. The van der Waals surface area contributed by atoms with Gasteiger partial charge in [0.1, 0.15) is 0 Å². The van der Waals surface area contributed by atoms with E-state index in [0.717, 1.165) is 37.6 Å². The summed E-state index contributed by atoms with van der Waals surface area (Å²) in [6.07, 6.45) is 8.07. The van der Waals surface area contributed by atoms with Gasteiger partial charge in [-0.2, -0.15) is 5.10 Å². The summed E-state index contributed by atoms with van der Waals surface area (Å²) in [5.41, 5.74) is 3.40. The van der Waals surface area contributed by atoms with E-state index in [9.17, 15) is 4.79 Å². The molecule has 0 saturated carbocycles. The van der Waals surface area contributed by atoms with Gasteiger partial charge in [-0.05, 0) is 56.8 Å². The number of likely N-dealkylation sites (tertiary alicyclic amines) is 2. The van der Waals surface area contributed by atoms with Gasteiger partial charge in [-0.15, -0.1) is 0 Å². The summed E-state index contributed by atoms with van der Waals surface area (Å²) in [6, 6.07) is 6.70. The van der Waals surface area contributed by atoms with Crippen LogP contribution in [0.25, 0.3) is 0 Å². The Kier molecular flexibility index (Phi) is 5.76. The molecule has 4 rings (SSSR count). The van der Waals surface area contributed by atoms with Crippen molar-refractivity contribution in [1.29, 1.82) is 0 Å². The van der Waals surface area contributed by atoms with Crippen molar-refractivity contribution in [2.24, 2.45) is 5.92 Å². The molecule has 2 aliphatic rings. The van der Waals surface area contributed by atoms with Crippen molar-refractivity contribution in [3.8, 4) is 0 Å². The molecule has 2 aromatic rings. The van der Waals surface area contributed by atoms with Crippen LogP contribution in [0.15, 0.2) is 30.6 Å². The molecule has 0 aromatic carbocycles. The van der Waals surface area contributed by atoms with Crippen LogP contribution in [0.4, 0.5) is 0 Å². The van der Waals surface area contributed by atoms with Crippen molar-refractivity contribution in [2.75, 3.05) is 19.6 Å². The summed E-state index contributed by atoms with van der Waals surface area (Å²) in [5.74, 6) is 0.860. The molecular formula is C22H31N5O. The zero-order valence-corrected chi connectivity index (χ0v) is 17.0. The Hall–Kier alpha value is -2.21. The lowest BCUT2D eigenvalue weighted by Crippen LogP contribution is -2.40. The molecule has 6 heteroatoms. The number of amides is 1. The van der Waals surface area contributed by atoms with E-state index in [1.54, 1.807) is 0 Å². The molecule has 1 amide bonds. The Bertz CT molecular complexity index is 803. The third kappa shape index (κ3) is 4.27. The molecule has 0 spiro atoms. The molecule has 0 N–H and O–H groups in total. The van der Waals surface area contributed by atoms with Crippen molar-refractivity contribution in [2.45, 2.75) is 58.7 Å². The quantitative estimate of drug-likeness (QED) is 0.799. The standard InChI is InChI=1S/C22H31N5O/c1-17-12-18(2)27(24-17)11-8-22(28)26-15-20-7-3-4-10-25(21(20)16-26)14-19-6-5-9-23-13-19/h5-6,9,12-13,20-21H,3-4,7-8,10-11,14-16H2,1-2H3/t20-,21+/m0/s1. The first-order chi connectivity index (χ1) is 13.6. The maximum atomic E-state index is 12.9. The van der Waals surface area contributed by atoms with Gasteiger partial charge in [-0.1, -0.05) is 12.5 Å². The van der Waals surface area contributed by atoms with Gasteiger partial charge < -0.3 is 4.90 Å². The Labute approximate surface area is 167 Å². The summed E-state index contributed by atoms with van der Waals surface area (Å²) in [5, 5.41) is 4.48. The van der Waals surface area contributed by atoms with E-state index in [-0.39, 0.29) is 5.91 Å². The molecule has 2 atom stereocenters. The normalized spacial score (nSPS) is 22.9. The number of hydrogen-bond acceptors (Lipinski definition) is 4. The van der Waals surface area contributed by atoms with Crippen LogP contribution in [-0.2, 0) is 17.9 Å². The molecular weight excluding hydrogens is 350 g/mol. The van der Waals surface area contributed by atoms with Crippen LogP contribution in [0, 0.1) is 19.8 Å². The van der Waals surface area contributed by atoms with Crippen molar-refractivity contribution in [3.63, 3.8) is 0 Å². The van der Waals surface area contributed by atoms with Crippen LogP contribution in [0.5, 0.6) is 0 Å². The Morgan fingerprint density at radius 3 is 2.89 bits per heavy atom. The lowest BCUT2D eigenvalue weighted by molar-refractivity contribution is -0.130. The largest absolute Gasteiger partial charge is 0.341 e. The fourth-order valence-electron chi connectivity index (χ4n) is 4.83. The van der Waals surface area contributed by atoms with Crippen LogP contribution in [-0.4, -0.2) is 56.1 Å². The van der Waals surface area contributed by atoms with E-state index >= 15 is 0 Å². The van der Waals surface area contributed by atoms with E-state index in [2.05, 4.69) is 38.9 Å². The highest BCUT2D eigenvalue weighted by molar-refractivity contribution is 5.76. The minimum atomic E-state index is 0.266. The van der Waals surface area contributed by atoms with Gasteiger partial charge in [0.15, 0.2) is 0 Å². The third-order valence-electron chi connectivity index (χ3n) is 6.25. The molecule has 0 aliphatic carbocycles. The summed E-state index contributed by atoms with van der Waals surface area (Å²) >= 11 is 0. The van der Waals surface area contributed by atoms with E-state index < -0.39 is 0 Å². The molecule has 0 radical (unpaired) electrons. The van der Waals surface area contributed by atoms with Gasteiger partial charge in [0.2, 0.25) is 5.91 Å². The minimum Gasteiger partial charge on any atom is -0.341 e. The van der Waals surface area contributed by atoms with E-state index in [4.69, 9.17) is 0 Å². The summed E-state index contributed by atoms with van der Waals surface area (Å²) in [7, 11) is 0. The molecule has 0 bridgehead atoms. The SMILES string of the molecule is Cc1cc(C)n(CCC(=O)N2C[C@@H]3CCCCN(Cc4cccnc4)[C@@H]3C2)n1. The van der Waals surface area contributed by atoms with E-state index in [0.29, 0.717) is 24.9 Å². The molecule has 2 aliphatic heterocycles. The lowest BCUT2D eigenvalue weighted by Gasteiger charge is -2.30. The average molecular weight is 382 g/mol. The van der Waals surface area contributed by atoms with Crippen molar-refractivity contribution >= 4 is 5.91 Å². The minimum absolute atomic E-state index is 0.266. The van der Waals surface area contributed by atoms with Gasteiger partial charge in [0, 0.05) is 56.7 Å². The zero-order valence-electron chi connectivity index (χ0n) is 17.0. The summed E-state index contributed by atoms with van der Waals surface area (Å²) in [6.45, 7) is 8.53. The predicted octanol–water partition coefficient (Wildman–Crippen LogP) is 2.80. The fourth-order valence-corrected chi connectivity index (χ4v) is 4.83. The molecule has 2 aromatic heterocycles. The smallest absolute Gasteiger partial charge is 0.224 e. The molecule has 0 unspecified atom stereocenters. The highest BCUT2D eigenvalue weighted by Crippen LogP contribution is 2.31. The first-order valence-electron chi connectivity index (χ1n) is 10.5. The second kappa shape index (κ2) is 8.43. The van der Waals surface area contributed by atoms with E-state index in [1.807, 2.05) is 30.1 Å². The number of carbonyl (C=O) groups excluding carboxylic acids is 1. The molecule has 150 valence electrons. The number of carbonyl (C=O) groups is 1. The van der Waals surface area contributed by atoms with Crippen LogP contribution in [0.2, 0.25) is 0 Å². The summed E-state index contributed by atoms with van der Waals surface area (Å²) < 4.78 is 1.95. The molecule has 6 nitrogen and oxygen atoms in total. The van der Waals surface area contributed by atoms with Crippen LogP contribution in [0.3, 0.4) is 0 Å². The number of hydrogen-bond donors (Lipinski definition) is 0. The van der Waals surface area contributed by atoms with Gasteiger partial charge in [-0.3, -0.25) is 19.4 Å². The number of fused-ring (bicyclic) bond motifs is 1. The second-order valence-electron chi connectivity index (χ2n) is 8.35. The molecule has 2 fully saturated rings. The maximum Gasteiger partial charge on any atom is 0.224 e. The monoisotopic (exact) mass is 381 g/mol. The first kappa shape index (κ1) is 19.1. The number of aromatic nitrogens is 3. The summed E-state index contributed by atoms with van der Waals surface area (Å²) in [4.78, 5) is 21.8. The lowest BCUT2D eigenvalue weighted by atomic mass is 9.98. The third-order valence-corrected chi connectivity index (χ3v) is 6.25.